The molecule has 0 aromatic heterocycles. The van der Waals surface area contributed by atoms with Crippen molar-refractivity contribution in [3.63, 3.8) is 0 Å². The van der Waals surface area contributed by atoms with Gasteiger partial charge in [0.15, 0.2) is 0 Å². The molecule has 0 saturated carbocycles. The van der Waals surface area contributed by atoms with E-state index in [0.29, 0.717) is 6.42 Å². The van der Waals surface area contributed by atoms with Crippen LogP contribution in [-0.2, 0) is 6.42 Å². The molecule has 0 radical (unpaired) electrons. The van der Waals surface area contributed by atoms with Crippen molar-refractivity contribution in [2.75, 3.05) is 11.9 Å². The number of anilines is 1. The normalized spacial score (nSPS) is 12.1. The Bertz CT molecular complexity index is 459. The molecule has 4 nitrogen and oxygen atoms in total. The molecule has 0 aliphatic rings. The minimum Gasteiger partial charge on any atom is -0.396 e. The molecular formula is C17H28N2O2. The van der Waals surface area contributed by atoms with E-state index in [2.05, 4.69) is 31.4 Å². The zero-order valence-electron chi connectivity index (χ0n) is 13.8. The number of amides is 2. The Kier molecular flexibility index (Phi) is 5.78. The molecule has 0 atom stereocenters. The van der Waals surface area contributed by atoms with Crippen molar-refractivity contribution in [1.82, 2.24) is 5.32 Å². The predicted octanol–water partition coefficient (Wildman–Crippen LogP) is 3.56. The van der Waals surface area contributed by atoms with E-state index in [1.54, 1.807) is 0 Å². The van der Waals surface area contributed by atoms with Gasteiger partial charge in [-0.05, 0) is 49.8 Å². The molecule has 118 valence electrons. The maximum atomic E-state index is 12.1. The molecule has 0 unspecified atom stereocenters. The van der Waals surface area contributed by atoms with E-state index in [1.807, 2.05) is 38.1 Å². The number of nitrogens with one attached hydrogen (secondary N) is 2. The highest BCUT2D eigenvalue weighted by Gasteiger charge is 2.26. The molecule has 0 heterocycles. The molecule has 0 fully saturated rings. The number of hydrogen-bond donors (Lipinski definition) is 3. The van der Waals surface area contributed by atoms with Crippen LogP contribution >= 0.6 is 0 Å². The molecule has 0 spiro atoms. The van der Waals surface area contributed by atoms with Gasteiger partial charge in [-0.25, -0.2) is 4.79 Å². The maximum Gasteiger partial charge on any atom is 0.319 e. The molecule has 0 aliphatic carbocycles. The summed E-state index contributed by atoms with van der Waals surface area (Å²) in [7, 11) is 0. The third kappa shape index (κ3) is 7.14. The average molecular weight is 292 g/mol. The van der Waals surface area contributed by atoms with Gasteiger partial charge in [-0.15, -0.1) is 0 Å². The lowest BCUT2D eigenvalue weighted by Crippen LogP contribution is -2.47. The van der Waals surface area contributed by atoms with E-state index in [9.17, 15) is 4.79 Å². The van der Waals surface area contributed by atoms with Crippen LogP contribution in [0.25, 0.3) is 0 Å². The first-order chi connectivity index (χ1) is 9.61. The smallest absolute Gasteiger partial charge is 0.319 e. The van der Waals surface area contributed by atoms with Crippen LogP contribution in [0, 0.1) is 5.41 Å². The maximum absolute atomic E-state index is 12.1. The lowest BCUT2D eigenvalue weighted by atomic mass is 9.82. The van der Waals surface area contributed by atoms with Gasteiger partial charge in [0, 0.05) is 17.8 Å². The van der Waals surface area contributed by atoms with Crippen LogP contribution in [0.2, 0.25) is 0 Å². The Morgan fingerprint density at radius 1 is 1.10 bits per heavy atom. The standard InChI is InChI=1S/C17H28N2O2/c1-16(2,3)12-17(4,5)19-15(21)18-14-8-6-13(7-9-14)10-11-20/h6-9,20H,10-12H2,1-5H3,(H2,18,19,21). The van der Waals surface area contributed by atoms with Crippen LogP contribution in [0.15, 0.2) is 24.3 Å². The van der Waals surface area contributed by atoms with E-state index in [1.165, 1.54) is 0 Å². The second-order valence-electron chi connectivity index (χ2n) is 7.37. The van der Waals surface area contributed by atoms with Crippen molar-refractivity contribution >= 4 is 11.7 Å². The molecule has 0 saturated heterocycles. The third-order valence-electron chi connectivity index (χ3n) is 3.04. The molecule has 21 heavy (non-hydrogen) atoms. The first kappa shape index (κ1) is 17.5. The molecule has 4 heteroatoms. The van der Waals surface area contributed by atoms with Gasteiger partial charge in [0.25, 0.3) is 0 Å². The van der Waals surface area contributed by atoms with Crippen LogP contribution in [0.1, 0.15) is 46.6 Å². The Hall–Kier alpha value is -1.55. The second-order valence-corrected chi connectivity index (χ2v) is 7.37. The molecule has 3 N–H and O–H groups in total. The number of benzene rings is 1. The van der Waals surface area contributed by atoms with Gasteiger partial charge in [-0.2, -0.15) is 0 Å². The second kappa shape index (κ2) is 6.94. The zero-order chi connectivity index (χ0) is 16.1. The van der Waals surface area contributed by atoms with E-state index in [-0.39, 0.29) is 23.6 Å². The quantitative estimate of drug-likeness (QED) is 0.777. The largest absolute Gasteiger partial charge is 0.396 e. The Morgan fingerprint density at radius 2 is 1.67 bits per heavy atom. The summed E-state index contributed by atoms with van der Waals surface area (Å²) in [6.07, 6.45) is 1.52. The SMILES string of the molecule is CC(C)(C)CC(C)(C)NC(=O)Nc1ccc(CCO)cc1. The fourth-order valence-corrected chi connectivity index (χ4v) is 2.72. The van der Waals surface area contributed by atoms with Crippen LogP contribution in [0.3, 0.4) is 0 Å². The van der Waals surface area contributed by atoms with Gasteiger partial charge in [0.05, 0.1) is 0 Å². The fraction of sp³-hybridized carbons (Fsp3) is 0.588. The number of aliphatic hydroxyl groups excluding tert-OH is 1. The third-order valence-corrected chi connectivity index (χ3v) is 3.04. The summed E-state index contributed by atoms with van der Waals surface area (Å²) in [4.78, 5) is 12.1. The summed E-state index contributed by atoms with van der Waals surface area (Å²) >= 11 is 0. The minimum atomic E-state index is -0.265. The first-order valence-electron chi connectivity index (χ1n) is 7.40. The van der Waals surface area contributed by atoms with Gasteiger partial charge in [-0.3, -0.25) is 0 Å². The zero-order valence-corrected chi connectivity index (χ0v) is 13.8. The highest BCUT2D eigenvalue weighted by Crippen LogP contribution is 2.26. The first-order valence-corrected chi connectivity index (χ1v) is 7.40. The Morgan fingerprint density at radius 3 is 2.14 bits per heavy atom. The molecule has 0 aliphatic heterocycles. The van der Waals surface area contributed by atoms with Crippen LogP contribution in [0.5, 0.6) is 0 Å². The molecular weight excluding hydrogens is 264 g/mol. The highest BCUT2D eigenvalue weighted by atomic mass is 16.3. The number of urea groups is 1. The summed E-state index contributed by atoms with van der Waals surface area (Å²) < 4.78 is 0. The Balaban J connectivity index is 2.57. The van der Waals surface area contributed by atoms with Gasteiger partial charge in [0.1, 0.15) is 0 Å². The van der Waals surface area contributed by atoms with Crippen molar-refractivity contribution in [3.05, 3.63) is 29.8 Å². The van der Waals surface area contributed by atoms with Gasteiger partial charge >= 0.3 is 6.03 Å². The van der Waals surface area contributed by atoms with Crippen molar-refractivity contribution in [3.8, 4) is 0 Å². The Labute approximate surface area is 128 Å². The van der Waals surface area contributed by atoms with E-state index in [0.717, 1.165) is 17.7 Å². The van der Waals surface area contributed by atoms with E-state index >= 15 is 0 Å². The number of carbonyl (C=O) groups is 1. The molecule has 1 rings (SSSR count). The van der Waals surface area contributed by atoms with Gasteiger partial charge < -0.3 is 15.7 Å². The predicted molar refractivity (Wildman–Crippen MR) is 87.5 cm³/mol. The lowest BCUT2D eigenvalue weighted by molar-refractivity contribution is 0.220. The van der Waals surface area contributed by atoms with Gasteiger partial charge in [-0.1, -0.05) is 32.9 Å². The van der Waals surface area contributed by atoms with Crippen LogP contribution in [0.4, 0.5) is 10.5 Å². The summed E-state index contributed by atoms with van der Waals surface area (Å²) in [6, 6.07) is 7.32. The van der Waals surface area contributed by atoms with Crippen LogP contribution in [-0.4, -0.2) is 23.3 Å². The molecule has 1 aromatic rings. The fourth-order valence-electron chi connectivity index (χ4n) is 2.72. The number of hydrogen-bond acceptors (Lipinski definition) is 2. The summed E-state index contributed by atoms with van der Waals surface area (Å²) in [5, 5.41) is 14.7. The van der Waals surface area contributed by atoms with Crippen LogP contribution < -0.4 is 10.6 Å². The number of aliphatic hydroxyl groups is 1. The van der Waals surface area contributed by atoms with E-state index in [4.69, 9.17) is 5.11 Å². The summed E-state index contributed by atoms with van der Waals surface area (Å²) in [5.41, 5.74) is 1.69. The number of carbonyl (C=O) groups excluding carboxylic acids is 1. The summed E-state index contributed by atoms with van der Waals surface area (Å²) in [6.45, 7) is 10.7. The minimum absolute atomic E-state index is 0.133. The molecule has 0 bridgehead atoms. The summed E-state index contributed by atoms with van der Waals surface area (Å²) in [5.74, 6) is 0. The highest BCUT2D eigenvalue weighted by molar-refractivity contribution is 5.89. The van der Waals surface area contributed by atoms with Crippen molar-refractivity contribution < 1.29 is 9.90 Å². The number of rotatable bonds is 5. The van der Waals surface area contributed by atoms with E-state index < -0.39 is 0 Å². The molecule has 2 amide bonds. The molecule has 1 aromatic carbocycles. The van der Waals surface area contributed by atoms with Crippen molar-refractivity contribution in [2.45, 2.75) is 53.0 Å². The topological polar surface area (TPSA) is 61.4 Å². The van der Waals surface area contributed by atoms with Crippen molar-refractivity contribution in [1.29, 1.82) is 0 Å². The monoisotopic (exact) mass is 292 g/mol. The van der Waals surface area contributed by atoms with Crippen molar-refractivity contribution in [2.24, 2.45) is 5.41 Å². The average Bonchev–Trinajstić information content (AvgIpc) is 2.27. The lowest BCUT2D eigenvalue weighted by Gasteiger charge is -2.33. The van der Waals surface area contributed by atoms with Gasteiger partial charge in [0.2, 0.25) is 0 Å².